The summed E-state index contributed by atoms with van der Waals surface area (Å²) in [5.74, 6) is 0.725. The van der Waals surface area contributed by atoms with E-state index < -0.39 is 0 Å². The quantitative estimate of drug-likeness (QED) is 0.737. The van der Waals surface area contributed by atoms with Gasteiger partial charge in [-0.2, -0.15) is 5.10 Å². The summed E-state index contributed by atoms with van der Waals surface area (Å²) in [5, 5.41) is 6.91. The Morgan fingerprint density at radius 3 is 2.69 bits per heavy atom. The molecule has 0 unspecified atom stereocenters. The van der Waals surface area contributed by atoms with E-state index in [1.165, 1.54) is 11.9 Å². The smallest absolute Gasteiger partial charge is 0.257 e. The van der Waals surface area contributed by atoms with Crippen LogP contribution in [0.25, 0.3) is 0 Å². The fourth-order valence-corrected chi connectivity index (χ4v) is 2.75. The standard InChI is InChI=1S/C20H30N4O2/c1-6-16-11-17(20(3,4)5)10-15(2)19(16)26-12-18(25)22-8-7-9-24-14-21-13-23-24/h10-11,13-14H,6-9,12H2,1-5H3,(H,22,25). The summed E-state index contributed by atoms with van der Waals surface area (Å²) in [6.45, 7) is 12.1. The molecule has 2 rings (SSSR count). The summed E-state index contributed by atoms with van der Waals surface area (Å²) < 4.78 is 7.60. The minimum absolute atomic E-state index is 0.0338. The van der Waals surface area contributed by atoms with Crippen LogP contribution in [0.15, 0.2) is 24.8 Å². The lowest BCUT2D eigenvalue weighted by molar-refractivity contribution is -0.123. The van der Waals surface area contributed by atoms with Crippen molar-refractivity contribution in [1.82, 2.24) is 20.1 Å². The van der Waals surface area contributed by atoms with Gasteiger partial charge in [-0.25, -0.2) is 4.98 Å². The predicted molar refractivity (Wildman–Crippen MR) is 102 cm³/mol. The number of hydrogen-bond acceptors (Lipinski definition) is 4. The third kappa shape index (κ3) is 5.58. The highest BCUT2D eigenvalue weighted by atomic mass is 16.5. The topological polar surface area (TPSA) is 69.0 Å². The van der Waals surface area contributed by atoms with Crippen molar-refractivity contribution in [2.45, 2.75) is 59.4 Å². The second kappa shape index (κ2) is 8.83. The maximum atomic E-state index is 12.0. The van der Waals surface area contributed by atoms with Gasteiger partial charge in [0.1, 0.15) is 18.4 Å². The van der Waals surface area contributed by atoms with E-state index >= 15 is 0 Å². The van der Waals surface area contributed by atoms with E-state index in [-0.39, 0.29) is 17.9 Å². The molecule has 0 saturated carbocycles. The van der Waals surface area contributed by atoms with E-state index in [1.54, 1.807) is 11.0 Å². The van der Waals surface area contributed by atoms with Crippen LogP contribution in [0.4, 0.5) is 0 Å². The lowest BCUT2D eigenvalue weighted by Gasteiger charge is -2.23. The highest BCUT2D eigenvalue weighted by Crippen LogP contribution is 2.31. The summed E-state index contributed by atoms with van der Waals surface area (Å²) in [6.07, 6.45) is 4.85. The number of aryl methyl sites for hydroxylation is 3. The number of amides is 1. The van der Waals surface area contributed by atoms with Gasteiger partial charge in [-0.05, 0) is 41.9 Å². The second-order valence-corrected chi connectivity index (χ2v) is 7.54. The van der Waals surface area contributed by atoms with Gasteiger partial charge < -0.3 is 10.1 Å². The lowest BCUT2D eigenvalue weighted by atomic mass is 9.84. The average molecular weight is 358 g/mol. The molecule has 0 spiro atoms. The first-order valence-electron chi connectivity index (χ1n) is 9.17. The summed E-state index contributed by atoms with van der Waals surface area (Å²) in [5.41, 5.74) is 3.60. The van der Waals surface area contributed by atoms with Crippen molar-refractivity contribution < 1.29 is 9.53 Å². The summed E-state index contributed by atoms with van der Waals surface area (Å²) in [7, 11) is 0. The molecule has 142 valence electrons. The molecule has 1 amide bonds. The Morgan fingerprint density at radius 2 is 2.08 bits per heavy atom. The van der Waals surface area contributed by atoms with Crippen LogP contribution in [0.2, 0.25) is 0 Å². The number of aromatic nitrogens is 3. The first kappa shape index (κ1) is 19.9. The first-order valence-corrected chi connectivity index (χ1v) is 9.17. The maximum absolute atomic E-state index is 12.0. The highest BCUT2D eigenvalue weighted by Gasteiger charge is 2.18. The van der Waals surface area contributed by atoms with Crippen LogP contribution in [0.5, 0.6) is 5.75 Å². The van der Waals surface area contributed by atoms with Gasteiger partial charge in [-0.3, -0.25) is 9.48 Å². The molecule has 0 bridgehead atoms. The Hall–Kier alpha value is -2.37. The highest BCUT2D eigenvalue weighted by molar-refractivity contribution is 5.77. The van der Waals surface area contributed by atoms with Gasteiger partial charge in [0.2, 0.25) is 0 Å². The largest absolute Gasteiger partial charge is 0.483 e. The van der Waals surface area contributed by atoms with Crippen LogP contribution in [0.1, 0.15) is 50.8 Å². The molecule has 0 saturated heterocycles. The third-order valence-electron chi connectivity index (χ3n) is 4.30. The molecule has 1 heterocycles. The molecule has 6 heteroatoms. The SMILES string of the molecule is CCc1cc(C(C)(C)C)cc(C)c1OCC(=O)NCCCn1cncn1. The van der Waals surface area contributed by atoms with Crippen LogP contribution < -0.4 is 10.1 Å². The van der Waals surface area contributed by atoms with Gasteiger partial charge in [-0.1, -0.05) is 39.8 Å². The maximum Gasteiger partial charge on any atom is 0.257 e. The van der Waals surface area contributed by atoms with E-state index in [0.29, 0.717) is 6.54 Å². The van der Waals surface area contributed by atoms with Gasteiger partial charge in [0.25, 0.3) is 5.91 Å². The molecule has 0 radical (unpaired) electrons. The molecule has 0 aliphatic rings. The van der Waals surface area contributed by atoms with Crippen molar-refractivity contribution in [3.63, 3.8) is 0 Å². The Kier molecular flexibility index (Phi) is 6.77. The zero-order chi connectivity index (χ0) is 19.2. The van der Waals surface area contributed by atoms with E-state index in [0.717, 1.165) is 36.3 Å². The molecule has 26 heavy (non-hydrogen) atoms. The van der Waals surface area contributed by atoms with Gasteiger partial charge >= 0.3 is 0 Å². The van der Waals surface area contributed by atoms with Gasteiger partial charge in [0, 0.05) is 13.1 Å². The molecule has 0 aliphatic heterocycles. The van der Waals surface area contributed by atoms with Gasteiger partial charge in [-0.15, -0.1) is 0 Å². The second-order valence-electron chi connectivity index (χ2n) is 7.54. The van der Waals surface area contributed by atoms with Crippen molar-refractivity contribution in [3.8, 4) is 5.75 Å². The minimum atomic E-state index is -0.107. The number of hydrogen-bond donors (Lipinski definition) is 1. The molecule has 1 N–H and O–H groups in total. The summed E-state index contributed by atoms with van der Waals surface area (Å²) >= 11 is 0. The zero-order valence-electron chi connectivity index (χ0n) is 16.5. The molecule has 1 aromatic heterocycles. The summed E-state index contributed by atoms with van der Waals surface area (Å²) in [6, 6.07) is 4.35. The number of nitrogens with one attached hydrogen (secondary N) is 1. The van der Waals surface area contributed by atoms with Crippen LogP contribution >= 0.6 is 0 Å². The van der Waals surface area contributed by atoms with Crippen LogP contribution in [-0.2, 0) is 23.2 Å². The lowest BCUT2D eigenvalue weighted by Crippen LogP contribution is -2.30. The van der Waals surface area contributed by atoms with E-state index in [9.17, 15) is 4.79 Å². The van der Waals surface area contributed by atoms with Gasteiger partial charge in [0.05, 0.1) is 0 Å². The molecule has 0 aliphatic carbocycles. The van der Waals surface area contributed by atoms with Crippen LogP contribution in [-0.4, -0.2) is 33.8 Å². The van der Waals surface area contributed by atoms with Crippen LogP contribution in [0.3, 0.4) is 0 Å². The van der Waals surface area contributed by atoms with Crippen molar-refractivity contribution in [2.75, 3.05) is 13.2 Å². The summed E-state index contributed by atoms with van der Waals surface area (Å²) in [4.78, 5) is 15.9. The molecular weight excluding hydrogens is 328 g/mol. The zero-order valence-corrected chi connectivity index (χ0v) is 16.5. The van der Waals surface area contributed by atoms with Crippen molar-refractivity contribution in [3.05, 3.63) is 41.5 Å². The first-order chi connectivity index (χ1) is 12.3. The number of carbonyl (C=O) groups excluding carboxylic acids is 1. The fraction of sp³-hybridized carbons (Fsp3) is 0.550. The fourth-order valence-electron chi connectivity index (χ4n) is 2.75. The molecule has 6 nitrogen and oxygen atoms in total. The van der Waals surface area contributed by atoms with Crippen molar-refractivity contribution in [1.29, 1.82) is 0 Å². The average Bonchev–Trinajstić information content (AvgIpc) is 3.09. The van der Waals surface area contributed by atoms with E-state index in [2.05, 4.69) is 55.2 Å². The molecule has 0 atom stereocenters. The Balaban J connectivity index is 1.86. The number of carbonyl (C=O) groups is 1. The van der Waals surface area contributed by atoms with Crippen molar-refractivity contribution >= 4 is 5.91 Å². The predicted octanol–water partition coefficient (Wildman–Crippen LogP) is 3.03. The van der Waals surface area contributed by atoms with E-state index in [1.807, 2.05) is 6.92 Å². The Labute approximate surface area is 156 Å². The van der Waals surface area contributed by atoms with Crippen molar-refractivity contribution in [2.24, 2.45) is 0 Å². The molecule has 0 fully saturated rings. The third-order valence-corrected chi connectivity index (χ3v) is 4.30. The Morgan fingerprint density at radius 1 is 1.31 bits per heavy atom. The monoisotopic (exact) mass is 358 g/mol. The number of benzene rings is 1. The Bertz CT molecular complexity index is 718. The molecule has 2 aromatic rings. The van der Waals surface area contributed by atoms with Crippen LogP contribution in [0, 0.1) is 6.92 Å². The number of ether oxygens (including phenoxy) is 1. The number of nitrogens with zero attached hydrogens (tertiary/aromatic N) is 3. The van der Waals surface area contributed by atoms with Gasteiger partial charge in [0.15, 0.2) is 6.61 Å². The minimum Gasteiger partial charge on any atom is -0.483 e. The molecular formula is C20H30N4O2. The van der Waals surface area contributed by atoms with E-state index in [4.69, 9.17) is 4.74 Å². The normalized spacial score (nSPS) is 11.4. The molecule has 1 aromatic carbocycles. The number of rotatable bonds is 8.